The number of phenolic OH excluding ortho intramolecular Hbond substituents is 1. The number of aromatic hydroxyl groups is 1. The Morgan fingerprint density at radius 3 is 2.30 bits per heavy atom. The van der Waals surface area contributed by atoms with E-state index in [9.17, 15) is 9.90 Å². The van der Waals surface area contributed by atoms with Crippen molar-refractivity contribution in [2.24, 2.45) is 0 Å². The molecule has 0 amide bonds. The van der Waals surface area contributed by atoms with Crippen molar-refractivity contribution in [2.45, 2.75) is 0 Å². The molecule has 5 heteroatoms. The molecule has 0 heterocycles. The topological polar surface area (TPSA) is 65.0 Å². The highest BCUT2D eigenvalue weighted by atomic mass is 16.5. The minimum absolute atomic E-state index is 0.119. The summed E-state index contributed by atoms with van der Waals surface area (Å²) in [6.45, 7) is 0. The summed E-state index contributed by atoms with van der Waals surface area (Å²) in [5, 5.41) is 9.87. The number of carbonyl (C=O) groups excluding carboxylic acids is 1. The van der Waals surface area contributed by atoms with E-state index in [2.05, 4.69) is 0 Å². The van der Waals surface area contributed by atoms with Gasteiger partial charge in [-0.2, -0.15) is 0 Å². The molecule has 0 saturated carbocycles. The molecule has 0 saturated heterocycles. The molecular weight excluding hydrogens is 296 g/mol. The van der Waals surface area contributed by atoms with Gasteiger partial charge in [-0.3, -0.25) is 4.79 Å². The number of hydrogen-bond acceptors (Lipinski definition) is 5. The predicted molar refractivity (Wildman–Crippen MR) is 87.6 cm³/mol. The van der Waals surface area contributed by atoms with Crippen LogP contribution in [-0.4, -0.2) is 32.2 Å². The second kappa shape index (κ2) is 7.35. The highest BCUT2D eigenvalue weighted by Gasteiger charge is 2.09. The summed E-state index contributed by atoms with van der Waals surface area (Å²) in [5.74, 6) is 1.26. The molecule has 0 aliphatic carbocycles. The van der Waals surface area contributed by atoms with Crippen LogP contribution in [-0.2, 0) is 0 Å². The fraction of sp³-hybridized carbons (Fsp3) is 0.167. The van der Waals surface area contributed by atoms with Crippen molar-refractivity contribution in [1.29, 1.82) is 0 Å². The van der Waals surface area contributed by atoms with E-state index in [1.54, 1.807) is 44.6 Å². The van der Waals surface area contributed by atoms with E-state index in [1.165, 1.54) is 25.3 Å². The van der Waals surface area contributed by atoms with Gasteiger partial charge >= 0.3 is 0 Å². The van der Waals surface area contributed by atoms with E-state index in [4.69, 9.17) is 14.2 Å². The summed E-state index contributed by atoms with van der Waals surface area (Å²) >= 11 is 0. The predicted octanol–water partition coefficient (Wildman–Crippen LogP) is 3.31. The van der Waals surface area contributed by atoms with Crippen LogP contribution in [0.4, 0.5) is 0 Å². The summed E-state index contributed by atoms with van der Waals surface area (Å²) in [6, 6.07) is 9.87. The maximum Gasteiger partial charge on any atom is 0.189 e. The van der Waals surface area contributed by atoms with Crippen molar-refractivity contribution in [2.75, 3.05) is 21.3 Å². The first-order chi connectivity index (χ1) is 11.1. The molecule has 0 radical (unpaired) electrons. The quantitative estimate of drug-likeness (QED) is 0.654. The molecule has 0 aromatic heterocycles. The van der Waals surface area contributed by atoms with Crippen LogP contribution in [0.5, 0.6) is 23.0 Å². The Labute approximate surface area is 134 Å². The van der Waals surface area contributed by atoms with Gasteiger partial charge in [-0.05, 0) is 35.9 Å². The van der Waals surface area contributed by atoms with Crippen LogP contribution in [0.15, 0.2) is 42.5 Å². The SMILES string of the molecule is COc1ccc(C(=O)C=Cc2ccc(OC)c(OC)c2)c(O)c1. The van der Waals surface area contributed by atoms with Gasteiger partial charge in [0.1, 0.15) is 11.5 Å². The molecule has 23 heavy (non-hydrogen) atoms. The number of carbonyl (C=O) groups is 1. The lowest BCUT2D eigenvalue weighted by atomic mass is 10.1. The van der Waals surface area contributed by atoms with Gasteiger partial charge in [0.2, 0.25) is 0 Å². The second-order valence-corrected chi connectivity index (χ2v) is 4.70. The molecule has 1 N–H and O–H groups in total. The summed E-state index contributed by atoms with van der Waals surface area (Å²) in [4.78, 5) is 12.2. The maximum atomic E-state index is 12.2. The lowest BCUT2D eigenvalue weighted by molar-refractivity contribution is 0.104. The van der Waals surface area contributed by atoms with Crippen LogP contribution < -0.4 is 14.2 Å². The second-order valence-electron chi connectivity index (χ2n) is 4.70. The average Bonchev–Trinajstić information content (AvgIpc) is 2.59. The molecule has 0 fully saturated rings. The van der Waals surface area contributed by atoms with E-state index in [1.807, 2.05) is 0 Å². The first-order valence-electron chi connectivity index (χ1n) is 6.90. The highest BCUT2D eigenvalue weighted by Crippen LogP contribution is 2.28. The molecule has 0 unspecified atom stereocenters. The number of methoxy groups -OCH3 is 3. The van der Waals surface area contributed by atoms with Crippen LogP contribution in [0, 0.1) is 0 Å². The molecule has 0 spiro atoms. The lowest BCUT2D eigenvalue weighted by Crippen LogP contribution is -1.95. The van der Waals surface area contributed by atoms with Gasteiger partial charge in [-0.25, -0.2) is 0 Å². The highest BCUT2D eigenvalue weighted by molar-refractivity contribution is 6.08. The molecule has 2 aromatic rings. The molecule has 0 aliphatic heterocycles. The monoisotopic (exact) mass is 314 g/mol. The minimum atomic E-state index is -0.306. The zero-order valence-corrected chi connectivity index (χ0v) is 13.2. The van der Waals surface area contributed by atoms with Crippen molar-refractivity contribution in [3.63, 3.8) is 0 Å². The Kier molecular flexibility index (Phi) is 5.25. The Hall–Kier alpha value is -2.95. The standard InChI is InChI=1S/C18H18O5/c1-21-13-6-7-14(16(20)11-13)15(19)8-4-12-5-9-17(22-2)18(10-12)23-3/h4-11,20H,1-3H3. The lowest BCUT2D eigenvalue weighted by Gasteiger charge is -2.07. The Bertz CT molecular complexity index is 734. The number of allylic oxidation sites excluding steroid dienone is 1. The number of hydrogen-bond donors (Lipinski definition) is 1. The van der Waals surface area contributed by atoms with E-state index >= 15 is 0 Å². The molecule has 0 bridgehead atoms. The summed E-state index contributed by atoms with van der Waals surface area (Å²) in [7, 11) is 4.60. The van der Waals surface area contributed by atoms with Crippen LogP contribution in [0.2, 0.25) is 0 Å². The smallest absolute Gasteiger partial charge is 0.189 e. The van der Waals surface area contributed by atoms with Crippen molar-refractivity contribution in [1.82, 2.24) is 0 Å². The fourth-order valence-electron chi connectivity index (χ4n) is 2.06. The van der Waals surface area contributed by atoms with Crippen LogP contribution in [0.25, 0.3) is 6.08 Å². The zero-order chi connectivity index (χ0) is 16.8. The van der Waals surface area contributed by atoms with E-state index in [0.29, 0.717) is 17.2 Å². The van der Waals surface area contributed by atoms with Gasteiger partial charge in [0.15, 0.2) is 17.3 Å². The Morgan fingerprint density at radius 2 is 1.70 bits per heavy atom. The third-order valence-corrected chi connectivity index (χ3v) is 3.31. The van der Waals surface area contributed by atoms with Crippen LogP contribution in [0.1, 0.15) is 15.9 Å². The van der Waals surface area contributed by atoms with Gasteiger partial charge in [-0.15, -0.1) is 0 Å². The Morgan fingerprint density at radius 1 is 0.957 bits per heavy atom. The first kappa shape index (κ1) is 16.4. The molecule has 120 valence electrons. The van der Waals surface area contributed by atoms with Gasteiger partial charge < -0.3 is 19.3 Å². The fourth-order valence-corrected chi connectivity index (χ4v) is 2.06. The van der Waals surface area contributed by atoms with Crippen molar-refractivity contribution >= 4 is 11.9 Å². The van der Waals surface area contributed by atoms with Gasteiger partial charge in [-0.1, -0.05) is 12.1 Å². The van der Waals surface area contributed by atoms with Gasteiger partial charge in [0.05, 0.1) is 26.9 Å². The molecule has 0 atom stereocenters. The van der Waals surface area contributed by atoms with E-state index in [-0.39, 0.29) is 17.1 Å². The Balaban J connectivity index is 2.21. The van der Waals surface area contributed by atoms with Crippen molar-refractivity contribution in [3.05, 3.63) is 53.6 Å². The minimum Gasteiger partial charge on any atom is -0.507 e. The van der Waals surface area contributed by atoms with E-state index < -0.39 is 0 Å². The zero-order valence-electron chi connectivity index (χ0n) is 13.2. The maximum absolute atomic E-state index is 12.2. The normalized spacial score (nSPS) is 10.6. The summed E-state index contributed by atoms with van der Waals surface area (Å²) < 4.78 is 15.4. The van der Waals surface area contributed by atoms with Gasteiger partial charge in [0.25, 0.3) is 0 Å². The van der Waals surface area contributed by atoms with Crippen LogP contribution >= 0.6 is 0 Å². The number of rotatable bonds is 6. The van der Waals surface area contributed by atoms with Crippen LogP contribution in [0.3, 0.4) is 0 Å². The first-order valence-corrected chi connectivity index (χ1v) is 6.90. The molecule has 2 aromatic carbocycles. The van der Waals surface area contributed by atoms with Crippen molar-refractivity contribution in [3.8, 4) is 23.0 Å². The molecule has 5 nitrogen and oxygen atoms in total. The number of benzene rings is 2. The molecular formula is C18H18O5. The number of ether oxygens (including phenoxy) is 3. The molecule has 2 rings (SSSR count). The summed E-state index contributed by atoms with van der Waals surface area (Å²) in [6.07, 6.45) is 3.04. The number of ketones is 1. The number of phenols is 1. The van der Waals surface area contributed by atoms with Crippen molar-refractivity contribution < 1.29 is 24.1 Å². The third-order valence-electron chi connectivity index (χ3n) is 3.31. The third kappa shape index (κ3) is 3.83. The average molecular weight is 314 g/mol. The van der Waals surface area contributed by atoms with E-state index in [0.717, 1.165) is 5.56 Å². The summed E-state index contributed by atoms with van der Waals surface area (Å²) in [5.41, 5.74) is 0.992. The molecule has 0 aliphatic rings. The largest absolute Gasteiger partial charge is 0.507 e. The van der Waals surface area contributed by atoms with Gasteiger partial charge in [0, 0.05) is 6.07 Å².